The summed E-state index contributed by atoms with van der Waals surface area (Å²) in [5, 5.41) is 9.30. The number of aliphatic carboxylic acids is 1. The highest BCUT2D eigenvalue weighted by Crippen LogP contribution is 2.29. The summed E-state index contributed by atoms with van der Waals surface area (Å²) in [6.45, 7) is 9.01. The fraction of sp³-hybridized carbons (Fsp3) is 0.462. The third-order valence-corrected chi connectivity index (χ3v) is 5.85. The number of anilines is 1. The molecule has 1 atom stereocenters. The molecule has 2 aromatic rings. The van der Waals surface area contributed by atoms with Gasteiger partial charge in [0.05, 0.1) is 5.92 Å². The van der Waals surface area contributed by atoms with Crippen LogP contribution in [-0.4, -0.2) is 35.7 Å². The Bertz CT molecular complexity index is 935. The number of carboxylic acid groups (broad SMARTS) is 1. The molecule has 0 unspecified atom stereocenters. The Morgan fingerprint density at radius 3 is 2.53 bits per heavy atom. The molecule has 0 aromatic heterocycles. The van der Waals surface area contributed by atoms with E-state index in [1.807, 2.05) is 30.3 Å². The number of carboxylic acids is 1. The number of esters is 1. The van der Waals surface area contributed by atoms with Gasteiger partial charge in [0.15, 0.2) is 5.60 Å². The van der Waals surface area contributed by atoms with Crippen LogP contribution in [0.2, 0.25) is 0 Å². The summed E-state index contributed by atoms with van der Waals surface area (Å²) in [4.78, 5) is 26.2. The van der Waals surface area contributed by atoms with Crippen LogP contribution >= 0.6 is 0 Å². The second-order valence-corrected chi connectivity index (χ2v) is 9.20. The number of carbonyl (C=O) groups excluding carboxylic acids is 1. The van der Waals surface area contributed by atoms with Crippen LogP contribution in [0.4, 0.5) is 5.69 Å². The topological polar surface area (TPSA) is 76.1 Å². The Labute approximate surface area is 190 Å². The van der Waals surface area contributed by atoms with Gasteiger partial charge in [0.1, 0.15) is 12.4 Å². The molecule has 0 saturated carbocycles. The number of hydrogen-bond acceptors (Lipinski definition) is 5. The van der Waals surface area contributed by atoms with Crippen LogP contribution in [0.25, 0.3) is 0 Å². The second-order valence-electron chi connectivity index (χ2n) is 9.20. The van der Waals surface area contributed by atoms with E-state index in [-0.39, 0.29) is 18.5 Å². The van der Waals surface area contributed by atoms with Crippen molar-refractivity contribution in [1.82, 2.24) is 0 Å². The van der Waals surface area contributed by atoms with Crippen molar-refractivity contribution in [2.75, 3.05) is 18.0 Å². The first kappa shape index (κ1) is 23.6. The van der Waals surface area contributed by atoms with E-state index < -0.39 is 11.6 Å². The van der Waals surface area contributed by atoms with Crippen LogP contribution in [0.5, 0.6) is 5.75 Å². The van der Waals surface area contributed by atoms with Crippen LogP contribution in [0.1, 0.15) is 57.6 Å². The lowest BCUT2D eigenvalue weighted by molar-refractivity contribution is -0.152. The zero-order valence-electron chi connectivity index (χ0n) is 19.3. The lowest BCUT2D eigenvalue weighted by Gasteiger charge is -2.33. The maximum absolute atomic E-state index is 12.7. The summed E-state index contributed by atoms with van der Waals surface area (Å²) in [7, 11) is 0. The number of nitrogens with zero attached hydrogens (tertiary/aromatic N) is 1. The molecule has 0 radical (unpaired) electrons. The van der Waals surface area contributed by atoms with E-state index in [0.717, 1.165) is 30.6 Å². The van der Waals surface area contributed by atoms with Gasteiger partial charge in [-0.05, 0) is 55.9 Å². The van der Waals surface area contributed by atoms with E-state index in [2.05, 4.69) is 30.9 Å². The van der Waals surface area contributed by atoms with Gasteiger partial charge in [-0.15, -0.1) is 0 Å². The predicted molar refractivity (Wildman–Crippen MR) is 124 cm³/mol. The fourth-order valence-electron chi connectivity index (χ4n) is 3.76. The van der Waals surface area contributed by atoms with Gasteiger partial charge in [0, 0.05) is 24.8 Å². The summed E-state index contributed by atoms with van der Waals surface area (Å²) in [6, 6.07) is 15.5. The Morgan fingerprint density at radius 2 is 1.88 bits per heavy atom. The molecule has 1 N–H and O–H groups in total. The Kier molecular flexibility index (Phi) is 7.44. The Balaban J connectivity index is 1.59. The van der Waals surface area contributed by atoms with Crippen molar-refractivity contribution in [1.29, 1.82) is 0 Å². The largest absolute Gasteiger partial charge is 0.478 e. The minimum atomic E-state index is -1.32. The van der Waals surface area contributed by atoms with Crippen molar-refractivity contribution in [3.05, 3.63) is 59.7 Å². The third-order valence-electron chi connectivity index (χ3n) is 5.85. The highest BCUT2D eigenvalue weighted by atomic mass is 16.5. The van der Waals surface area contributed by atoms with Gasteiger partial charge in [-0.2, -0.15) is 0 Å². The standard InChI is InChI=1S/C26H33NO5/c1-18(2)20-12-10-19(11-13-20)17-31-24(28)21-7-6-14-27(16-21)22-8-5-9-23(15-22)32-26(3,4)25(29)30/h5,8-13,15,18,21H,6-7,14,16-17H2,1-4H3,(H,29,30)/t21-/m0/s1. The maximum atomic E-state index is 12.7. The molecule has 1 saturated heterocycles. The first-order valence-corrected chi connectivity index (χ1v) is 11.2. The van der Waals surface area contributed by atoms with Gasteiger partial charge in [-0.25, -0.2) is 4.79 Å². The molecule has 32 heavy (non-hydrogen) atoms. The monoisotopic (exact) mass is 439 g/mol. The number of piperidine rings is 1. The SMILES string of the molecule is CC(C)c1ccc(COC(=O)[C@H]2CCCN(c3cccc(OC(C)(C)C(=O)O)c3)C2)cc1. The van der Waals surface area contributed by atoms with E-state index >= 15 is 0 Å². The molecule has 0 aliphatic carbocycles. The maximum Gasteiger partial charge on any atom is 0.347 e. The Morgan fingerprint density at radius 1 is 1.16 bits per heavy atom. The number of rotatable bonds is 8. The molecule has 6 heteroatoms. The molecule has 1 aliphatic rings. The molecule has 172 valence electrons. The minimum Gasteiger partial charge on any atom is -0.478 e. The average molecular weight is 440 g/mol. The molecular weight excluding hydrogens is 406 g/mol. The predicted octanol–water partition coefficient (Wildman–Crippen LogP) is 5.01. The smallest absolute Gasteiger partial charge is 0.347 e. The summed E-state index contributed by atoms with van der Waals surface area (Å²) in [5.41, 5.74) is 1.84. The van der Waals surface area contributed by atoms with Gasteiger partial charge in [0.25, 0.3) is 0 Å². The molecule has 0 bridgehead atoms. The number of hydrogen-bond donors (Lipinski definition) is 1. The van der Waals surface area contributed by atoms with Crippen molar-refractivity contribution in [2.45, 2.75) is 58.7 Å². The van der Waals surface area contributed by atoms with E-state index in [1.54, 1.807) is 6.07 Å². The van der Waals surface area contributed by atoms with Gasteiger partial charge < -0.3 is 19.5 Å². The first-order chi connectivity index (χ1) is 15.2. The first-order valence-electron chi connectivity index (χ1n) is 11.2. The summed E-state index contributed by atoms with van der Waals surface area (Å²) in [6.07, 6.45) is 1.68. The molecule has 0 spiro atoms. The van der Waals surface area contributed by atoms with Gasteiger partial charge in [-0.1, -0.05) is 44.2 Å². The molecule has 2 aromatic carbocycles. The van der Waals surface area contributed by atoms with Gasteiger partial charge in [0.2, 0.25) is 0 Å². The van der Waals surface area contributed by atoms with Crippen LogP contribution in [0.15, 0.2) is 48.5 Å². The van der Waals surface area contributed by atoms with E-state index in [9.17, 15) is 14.7 Å². The average Bonchev–Trinajstić information content (AvgIpc) is 2.77. The highest BCUT2D eigenvalue weighted by molar-refractivity contribution is 5.77. The second kappa shape index (κ2) is 10.1. The van der Waals surface area contributed by atoms with E-state index in [1.165, 1.54) is 19.4 Å². The molecule has 1 aliphatic heterocycles. The zero-order chi connectivity index (χ0) is 23.3. The third kappa shape index (κ3) is 6.02. The highest BCUT2D eigenvalue weighted by Gasteiger charge is 2.30. The summed E-state index contributed by atoms with van der Waals surface area (Å²) < 4.78 is 11.3. The lowest BCUT2D eigenvalue weighted by Crippen LogP contribution is -2.39. The minimum absolute atomic E-state index is 0.179. The molecule has 6 nitrogen and oxygen atoms in total. The molecule has 1 heterocycles. The molecule has 1 fully saturated rings. The molecule has 0 amide bonds. The number of benzene rings is 2. The Hall–Kier alpha value is -3.02. The lowest BCUT2D eigenvalue weighted by atomic mass is 9.97. The van der Waals surface area contributed by atoms with Crippen LogP contribution in [0.3, 0.4) is 0 Å². The van der Waals surface area contributed by atoms with Crippen molar-refractivity contribution in [3.63, 3.8) is 0 Å². The molecule has 3 rings (SSSR count). The van der Waals surface area contributed by atoms with Crippen LogP contribution in [0, 0.1) is 5.92 Å². The molecular formula is C26H33NO5. The van der Waals surface area contributed by atoms with Crippen molar-refractivity contribution < 1.29 is 24.2 Å². The number of ether oxygens (including phenoxy) is 2. The van der Waals surface area contributed by atoms with Gasteiger partial charge in [-0.3, -0.25) is 4.79 Å². The van der Waals surface area contributed by atoms with E-state index in [0.29, 0.717) is 18.2 Å². The van der Waals surface area contributed by atoms with Crippen molar-refractivity contribution in [2.24, 2.45) is 5.92 Å². The zero-order valence-corrected chi connectivity index (χ0v) is 19.3. The summed E-state index contributed by atoms with van der Waals surface area (Å²) in [5.74, 6) is -0.438. The van der Waals surface area contributed by atoms with Crippen LogP contribution < -0.4 is 9.64 Å². The normalized spacial score (nSPS) is 16.7. The van der Waals surface area contributed by atoms with Gasteiger partial charge >= 0.3 is 11.9 Å². The van der Waals surface area contributed by atoms with E-state index in [4.69, 9.17) is 9.47 Å². The summed E-state index contributed by atoms with van der Waals surface area (Å²) >= 11 is 0. The van der Waals surface area contributed by atoms with Crippen LogP contribution in [-0.2, 0) is 20.9 Å². The number of carbonyl (C=O) groups is 2. The fourth-order valence-corrected chi connectivity index (χ4v) is 3.76. The van der Waals surface area contributed by atoms with Crippen molar-refractivity contribution >= 4 is 17.6 Å². The van der Waals surface area contributed by atoms with Crippen molar-refractivity contribution in [3.8, 4) is 5.75 Å². The quantitative estimate of drug-likeness (QED) is 0.583.